The summed E-state index contributed by atoms with van der Waals surface area (Å²) in [5, 5.41) is 8.86. The molecule has 1 atom stereocenters. The standard InChI is InChI=1S/C16H32O3/c1-3-4-5-6-7-8-9-10-11-12-13-14-16(18)19-15(2)17/h15,17H,3-14H2,1-2H3. The van der Waals surface area contributed by atoms with Crippen LogP contribution in [0.4, 0.5) is 0 Å². The van der Waals surface area contributed by atoms with Crippen molar-refractivity contribution in [2.24, 2.45) is 0 Å². The minimum atomic E-state index is -0.972. The molecule has 0 aliphatic carbocycles. The van der Waals surface area contributed by atoms with Crippen molar-refractivity contribution in [2.75, 3.05) is 0 Å². The van der Waals surface area contributed by atoms with Crippen molar-refractivity contribution in [3.8, 4) is 0 Å². The minimum absolute atomic E-state index is 0.286. The molecule has 0 radical (unpaired) electrons. The molecule has 19 heavy (non-hydrogen) atoms. The maximum Gasteiger partial charge on any atom is 0.308 e. The molecular formula is C16H32O3. The summed E-state index contributed by atoms with van der Waals surface area (Å²) < 4.78 is 4.66. The van der Waals surface area contributed by atoms with E-state index < -0.39 is 6.29 Å². The number of aliphatic hydroxyl groups is 1. The first-order valence-electron chi connectivity index (χ1n) is 8.04. The Morgan fingerprint density at radius 3 is 1.74 bits per heavy atom. The monoisotopic (exact) mass is 272 g/mol. The fourth-order valence-electron chi connectivity index (χ4n) is 2.18. The maximum absolute atomic E-state index is 11.1. The van der Waals surface area contributed by atoms with Gasteiger partial charge in [-0.3, -0.25) is 4.79 Å². The smallest absolute Gasteiger partial charge is 0.308 e. The second-order valence-electron chi connectivity index (χ2n) is 5.37. The van der Waals surface area contributed by atoms with Gasteiger partial charge in [0.25, 0.3) is 0 Å². The lowest BCUT2D eigenvalue weighted by atomic mass is 10.1. The van der Waals surface area contributed by atoms with Crippen LogP contribution in [0.2, 0.25) is 0 Å². The summed E-state index contributed by atoms with van der Waals surface area (Å²) in [4.78, 5) is 11.1. The molecule has 3 nitrogen and oxygen atoms in total. The Morgan fingerprint density at radius 1 is 0.895 bits per heavy atom. The van der Waals surface area contributed by atoms with Gasteiger partial charge < -0.3 is 9.84 Å². The Hall–Kier alpha value is -0.570. The number of esters is 1. The second kappa shape index (κ2) is 13.9. The zero-order chi connectivity index (χ0) is 14.3. The molecule has 0 heterocycles. The average molecular weight is 272 g/mol. The molecule has 0 saturated carbocycles. The van der Waals surface area contributed by atoms with Gasteiger partial charge in [-0.05, 0) is 13.3 Å². The molecule has 114 valence electrons. The fourth-order valence-corrected chi connectivity index (χ4v) is 2.18. The molecule has 0 bridgehead atoms. The molecule has 0 amide bonds. The summed E-state index contributed by atoms with van der Waals surface area (Å²) in [5.74, 6) is -0.286. The highest BCUT2D eigenvalue weighted by Crippen LogP contribution is 2.12. The third-order valence-corrected chi connectivity index (χ3v) is 3.29. The SMILES string of the molecule is CCCCCCCCCCCCCC(=O)OC(C)O. The normalized spacial score (nSPS) is 12.4. The zero-order valence-corrected chi connectivity index (χ0v) is 12.8. The van der Waals surface area contributed by atoms with Gasteiger partial charge in [0.1, 0.15) is 0 Å². The van der Waals surface area contributed by atoms with Crippen LogP contribution < -0.4 is 0 Å². The van der Waals surface area contributed by atoms with E-state index in [2.05, 4.69) is 11.7 Å². The maximum atomic E-state index is 11.1. The van der Waals surface area contributed by atoms with E-state index in [9.17, 15) is 4.79 Å². The van der Waals surface area contributed by atoms with Crippen LogP contribution >= 0.6 is 0 Å². The van der Waals surface area contributed by atoms with Crippen molar-refractivity contribution < 1.29 is 14.6 Å². The Kier molecular flexibility index (Phi) is 13.4. The van der Waals surface area contributed by atoms with Gasteiger partial charge >= 0.3 is 5.97 Å². The van der Waals surface area contributed by atoms with E-state index in [0.29, 0.717) is 6.42 Å². The quantitative estimate of drug-likeness (QED) is 0.303. The first-order valence-corrected chi connectivity index (χ1v) is 8.04. The summed E-state index contributed by atoms with van der Waals surface area (Å²) in [7, 11) is 0. The van der Waals surface area contributed by atoms with E-state index in [1.165, 1.54) is 64.7 Å². The highest BCUT2D eigenvalue weighted by molar-refractivity contribution is 5.69. The average Bonchev–Trinajstić information content (AvgIpc) is 2.35. The molecular weight excluding hydrogens is 240 g/mol. The van der Waals surface area contributed by atoms with Crippen molar-refractivity contribution in [3.05, 3.63) is 0 Å². The van der Waals surface area contributed by atoms with Crippen molar-refractivity contribution in [1.82, 2.24) is 0 Å². The molecule has 0 fully saturated rings. The summed E-state index contributed by atoms with van der Waals surface area (Å²) in [5.41, 5.74) is 0. The van der Waals surface area contributed by atoms with Crippen molar-refractivity contribution in [3.63, 3.8) is 0 Å². The second-order valence-corrected chi connectivity index (χ2v) is 5.37. The molecule has 0 aromatic carbocycles. The largest absolute Gasteiger partial charge is 0.436 e. The molecule has 3 heteroatoms. The Bertz CT molecular complexity index is 202. The summed E-state index contributed by atoms with van der Waals surface area (Å²) in [6.07, 6.45) is 13.4. The Labute approximate surface area is 118 Å². The minimum Gasteiger partial charge on any atom is -0.436 e. The molecule has 1 N–H and O–H groups in total. The van der Waals surface area contributed by atoms with Gasteiger partial charge in [0, 0.05) is 6.42 Å². The van der Waals surface area contributed by atoms with E-state index in [1.54, 1.807) is 0 Å². The van der Waals surface area contributed by atoms with Gasteiger partial charge in [-0.2, -0.15) is 0 Å². The van der Waals surface area contributed by atoms with Gasteiger partial charge in [-0.25, -0.2) is 0 Å². The highest BCUT2D eigenvalue weighted by Gasteiger charge is 2.05. The predicted octanol–water partition coefficient (Wildman–Crippen LogP) is 4.57. The van der Waals surface area contributed by atoms with Gasteiger partial charge in [0.15, 0.2) is 6.29 Å². The summed E-state index contributed by atoms with van der Waals surface area (Å²) in [6, 6.07) is 0. The molecule has 0 rings (SSSR count). The first-order chi connectivity index (χ1) is 9.16. The topological polar surface area (TPSA) is 46.5 Å². The predicted molar refractivity (Wildman–Crippen MR) is 78.9 cm³/mol. The Balaban J connectivity index is 3.08. The van der Waals surface area contributed by atoms with E-state index in [1.807, 2.05) is 0 Å². The number of ether oxygens (including phenoxy) is 1. The third kappa shape index (κ3) is 15.4. The van der Waals surface area contributed by atoms with Crippen LogP contribution in [-0.4, -0.2) is 17.4 Å². The molecule has 0 aliphatic rings. The number of hydrogen-bond acceptors (Lipinski definition) is 3. The number of unbranched alkanes of at least 4 members (excludes halogenated alkanes) is 10. The molecule has 0 aromatic heterocycles. The van der Waals surface area contributed by atoms with Crippen molar-refractivity contribution >= 4 is 5.97 Å². The van der Waals surface area contributed by atoms with Crippen LogP contribution in [0, 0.1) is 0 Å². The van der Waals surface area contributed by atoms with E-state index >= 15 is 0 Å². The van der Waals surface area contributed by atoms with Crippen LogP contribution in [0.25, 0.3) is 0 Å². The molecule has 0 aliphatic heterocycles. The van der Waals surface area contributed by atoms with Crippen molar-refractivity contribution in [1.29, 1.82) is 0 Å². The molecule has 0 aromatic rings. The number of carbonyl (C=O) groups excluding carboxylic acids is 1. The van der Waals surface area contributed by atoms with Crippen LogP contribution in [0.3, 0.4) is 0 Å². The van der Waals surface area contributed by atoms with Gasteiger partial charge in [0.2, 0.25) is 0 Å². The van der Waals surface area contributed by atoms with Crippen molar-refractivity contribution in [2.45, 2.75) is 97.2 Å². The molecule has 1 unspecified atom stereocenters. The van der Waals surface area contributed by atoms with Gasteiger partial charge in [0.05, 0.1) is 0 Å². The van der Waals surface area contributed by atoms with Crippen LogP contribution in [0.1, 0.15) is 90.9 Å². The lowest BCUT2D eigenvalue weighted by Gasteiger charge is -2.06. The number of rotatable bonds is 13. The van der Waals surface area contributed by atoms with E-state index in [-0.39, 0.29) is 5.97 Å². The number of hydrogen-bond donors (Lipinski definition) is 1. The summed E-state index contributed by atoms with van der Waals surface area (Å²) in [6.45, 7) is 3.70. The van der Waals surface area contributed by atoms with Crippen LogP contribution in [0.15, 0.2) is 0 Å². The van der Waals surface area contributed by atoms with Crippen LogP contribution in [0.5, 0.6) is 0 Å². The van der Waals surface area contributed by atoms with E-state index in [0.717, 1.165) is 12.8 Å². The fraction of sp³-hybridized carbons (Fsp3) is 0.938. The molecule has 0 saturated heterocycles. The van der Waals surface area contributed by atoms with E-state index in [4.69, 9.17) is 5.11 Å². The molecule has 0 spiro atoms. The lowest BCUT2D eigenvalue weighted by molar-refractivity contribution is -0.164. The lowest BCUT2D eigenvalue weighted by Crippen LogP contribution is -2.13. The summed E-state index contributed by atoms with van der Waals surface area (Å²) >= 11 is 0. The Morgan fingerprint density at radius 2 is 1.32 bits per heavy atom. The van der Waals surface area contributed by atoms with Gasteiger partial charge in [-0.1, -0.05) is 71.1 Å². The number of carbonyl (C=O) groups is 1. The van der Waals surface area contributed by atoms with Crippen LogP contribution in [-0.2, 0) is 9.53 Å². The number of aliphatic hydroxyl groups excluding tert-OH is 1. The highest BCUT2D eigenvalue weighted by atomic mass is 16.6. The zero-order valence-electron chi connectivity index (χ0n) is 12.8. The van der Waals surface area contributed by atoms with Gasteiger partial charge in [-0.15, -0.1) is 0 Å². The first kappa shape index (κ1) is 18.4. The third-order valence-electron chi connectivity index (χ3n) is 3.29.